The highest BCUT2D eigenvalue weighted by atomic mass is 14.9. The zero-order chi connectivity index (χ0) is 10.1. The molecule has 15 heavy (non-hydrogen) atoms. The van der Waals surface area contributed by atoms with Crippen molar-refractivity contribution in [2.24, 2.45) is 58.7 Å². The van der Waals surface area contributed by atoms with E-state index >= 15 is 0 Å². The third-order valence-corrected chi connectivity index (χ3v) is 8.20. The summed E-state index contributed by atoms with van der Waals surface area (Å²) < 4.78 is 0. The molecule has 0 amide bonds. The Morgan fingerprint density at radius 3 is 1.80 bits per heavy atom. The van der Waals surface area contributed by atoms with Gasteiger partial charge in [-0.2, -0.15) is 0 Å². The van der Waals surface area contributed by atoms with Crippen LogP contribution in [-0.2, 0) is 0 Å². The van der Waals surface area contributed by atoms with Gasteiger partial charge in [-0.25, -0.2) is 0 Å². The first-order valence-electron chi connectivity index (χ1n) is 7.15. The molecule has 0 heteroatoms. The minimum absolute atomic E-state index is 0.803. The largest absolute Gasteiger partial charge is 0.0619 e. The normalized spacial score (nSPS) is 81.4. The fraction of sp³-hybridized carbons (Fsp3) is 1.00. The van der Waals surface area contributed by atoms with Crippen molar-refractivity contribution in [3.8, 4) is 0 Å². The van der Waals surface area contributed by atoms with Crippen LogP contribution in [0.1, 0.15) is 33.6 Å². The molecule has 0 aromatic rings. The van der Waals surface area contributed by atoms with Crippen molar-refractivity contribution in [3.05, 3.63) is 0 Å². The van der Waals surface area contributed by atoms with Gasteiger partial charge in [0.2, 0.25) is 0 Å². The van der Waals surface area contributed by atoms with E-state index in [2.05, 4.69) is 20.8 Å². The molecule has 0 aromatic heterocycles. The first-order chi connectivity index (χ1) is 7.15. The van der Waals surface area contributed by atoms with Gasteiger partial charge in [0.05, 0.1) is 0 Å². The molecule has 0 heterocycles. The van der Waals surface area contributed by atoms with E-state index in [1.165, 1.54) is 23.7 Å². The Bertz CT molecular complexity index is 327. The number of hydrogen-bond donors (Lipinski definition) is 0. The summed E-state index contributed by atoms with van der Waals surface area (Å²) in [5.41, 5.74) is 0.803. The molecule has 0 aromatic carbocycles. The van der Waals surface area contributed by atoms with E-state index < -0.39 is 0 Å². The molecule has 0 spiro atoms. The van der Waals surface area contributed by atoms with Crippen LogP contribution in [-0.4, -0.2) is 0 Å². The lowest BCUT2D eigenvalue weighted by atomic mass is 9.50. The van der Waals surface area contributed by atoms with Gasteiger partial charge in [0.1, 0.15) is 0 Å². The summed E-state index contributed by atoms with van der Waals surface area (Å²) in [4.78, 5) is 0. The molecule has 6 aliphatic rings. The highest BCUT2D eigenvalue weighted by Gasteiger charge is 2.81. The lowest BCUT2D eigenvalue weighted by molar-refractivity contribution is -0.0750. The molecule has 0 saturated heterocycles. The quantitative estimate of drug-likeness (QED) is 0.564. The third-order valence-electron chi connectivity index (χ3n) is 8.20. The van der Waals surface area contributed by atoms with Crippen LogP contribution in [0, 0.1) is 58.7 Å². The van der Waals surface area contributed by atoms with Crippen molar-refractivity contribution in [3.63, 3.8) is 0 Å². The zero-order valence-electron chi connectivity index (χ0n) is 10.1. The van der Waals surface area contributed by atoms with Crippen LogP contribution < -0.4 is 0 Å². The van der Waals surface area contributed by atoms with E-state index in [-0.39, 0.29) is 0 Å². The van der Waals surface area contributed by atoms with Crippen molar-refractivity contribution >= 4 is 0 Å². The van der Waals surface area contributed by atoms with Crippen molar-refractivity contribution in [1.29, 1.82) is 0 Å². The summed E-state index contributed by atoms with van der Waals surface area (Å²) in [6.07, 6.45) is 3.27. The minimum Gasteiger partial charge on any atom is -0.0619 e. The van der Waals surface area contributed by atoms with Crippen LogP contribution in [0.15, 0.2) is 0 Å². The van der Waals surface area contributed by atoms with Crippen molar-refractivity contribution in [1.82, 2.24) is 0 Å². The molecule has 0 N–H and O–H groups in total. The first-order valence-corrected chi connectivity index (χ1v) is 7.15. The molecule has 82 valence electrons. The fourth-order valence-electron chi connectivity index (χ4n) is 8.02. The molecule has 8 atom stereocenters. The molecular weight excluding hydrogens is 180 g/mol. The van der Waals surface area contributed by atoms with Gasteiger partial charge in [0, 0.05) is 0 Å². The van der Waals surface area contributed by atoms with Gasteiger partial charge in [-0.05, 0) is 71.5 Å². The van der Waals surface area contributed by atoms with Gasteiger partial charge in [0.25, 0.3) is 0 Å². The molecule has 0 radical (unpaired) electrons. The van der Waals surface area contributed by atoms with Crippen LogP contribution in [0.5, 0.6) is 0 Å². The van der Waals surface area contributed by atoms with Crippen LogP contribution in [0.2, 0.25) is 0 Å². The highest BCUT2D eigenvalue weighted by Crippen LogP contribution is 2.86. The predicted octanol–water partition coefficient (Wildman–Crippen LogP) is 3.43. The SMILES string of the molecule is CC1C(C)C2C3C4CC5CC4C3C1C52C. The monoisotopic (exact) mass is 202 g/mol. The summed E-state index contributed by atoms with van der Waals surface area (Å²) >= 11 is 0. The maximum atomic E-state index is 2.69. The van der Waals surface area contributed by atoms with E-state index in [1.54, 1.807) is 12.8 Å². The topological polar surface area (TPSA) is 0 Å². The maximum Gasteiger partial charge on any atom is -0.0230 e. The average molecular weight is 202 g/mol. The molecule has 8 unspecified atom stereocenters. The maximum absolute atomic E-state index is 2.69. The van der Waals surface area contributed by atoms with Crippen molar-refractivity contribution in [2.45, 2.75) is 33.6 Å². The Morgan fingerprint density at radius 1 is 0.867 bits per heavy atom. The number of rotatable bonds is 0. The predicted molar refractivity (Wildman–Crippen MR) is 60.1 cm³/mol. The summed E-state index contributed by atoms with van der Waals surface area (Å²) in [6, 6.07) is 0. The zero-order valence-corrected chi connectivity index (χ0v) is 10.1. The smallest absolute Gasteiger partial charge is 0.0230 e. The van der Waals surface area contributed by atoms with Gasteiger partial charge in [-0.1, -0.05) is 20.8 Å². The van der Waals surface area contributed by atoms with Crippen LogP contribution in [0.3, 0.4) is 0 Å². The van der Waals surface area contributed by atoms with E-state index in [0.717, 1.165) is 35.0 Å². The second-order valence-electron chi connectivity index (χ2n) is 7.79. The second kappa shape index (κ2) is 1.93. The van der Waals surface area contributed by atoms with Gasteiger partial charge >= 0.3 is 0 Å². The van der Waals surface area contributed by atoms with Crippen LogP contribution in [0.25, 0.3) is 0 Å². The highest BCUT2D eigenvalue weighted by molar-refractivity contribution is 5.29. The van der Waals surface area contributed by atoms with E-state index in [4.69, 9.17) is 0 Å². The molecule has 6 aliphatic carbocycles. The summed E-state index contributed by atoms with van der Waals surface area (Å²) in [7, 11) is 0. The summed E-state index contributed by atoms with van der Waals surface area (Å²) in [5, 5.41) is 0. The van der Waals surface area contributed by atoms with Crippen LogP contribution >= 0.6 is 0 Å². The molecular formula is C15H22. The van der Waals surface area contributed by atoms with Crippen molar-refractivity contribution < 1.29 is 0 Å². The first kappa shape index (κ1) is 8.14. The Morgan fingerprint density at radius 2 is 1.33 bits per heavy atom. The third kappa shape index (κ3) is 0.524. The molecule has 0 nitrogen and oxygen atoms in total. The molecule has 6 fully saturated rings. The molecule has 8 bridgehead atoms. The van der Waals surface area contributed by atoms with Gasteiger partial charge < -0.3 is 0 Å². The molecule has 6 rings (SSSR count). The minimum atomic E-state index is 0.803. The van der Waals surface area contributed by atoms with E-state index in [9.17, 15) is 0 Å². The second-order valence-corrected chi connectivity index (χ2v) is 7.79. The Kier molecular flexibility index (Phi) is 1.05. The van der Waals surface area contributed by atoms with Gasteiger partial charge in [-0.15, -0.1) is 0 Å². The Labute approximate surface area is 92.8 Å². The standard InChI is InChI=1S/C15H22/c1-6-7(2)14-12-10-5-8-4-9(10)11(12)13(6)15(8,14)3/h6-14H,4-5H2,1-3H3. The lowest BCUT2D eigenvalue weighted by Gasteiger charge is -2.55. The van der Waals surface area contributed by atoms with Crippen molar-refractivity contribution in [2.75, 3.05) is 0 Å². The van der Waals surface area contributed by atoms with Gasteiger partial charge in [-0.3, -0.25) is 0 Å². The van der Waals surface area contributed by atoms with Crippen LogP contribution in [0.4, 0.5) is 0 Å². The molecule has 6 saturated carbocycles. The average Bonchev–Trinajstić information content (AvgIpc) is 2.61. The Balaban J connectivity index is 1.78. The Hall–Kier alpha value is 0. The van der Waals surface area contributed by atoms with E-state index in [0.29, 0.717) is 0 Å². The lowest BCUT2D eigenvalue weighted by Crippen LogP contribution is -2.50. The number of hydrogen-bond acceptors (Lipinski definition) is 0. The fourth-order valence-corrected chi connectivity index (χ4v) is 8.02. The molecule has 0 aliphatic heterocycles. The summed E-state index contributed by atoms with van der Waals surface area (Å²) in [5.74, 6) is 10.3. The van der Waals surface area contributed by atoms with Gasteiger partial charge in [0.15, 0.2) is 0 Å². The summed E-state index contributed by atoms with van der Waals surface area (Å²) in [6.45, 7) is 7.83. The van der Waals surface area contributed by atoms with E-state index in [1.807, 2.05) is 0 Å².